The first-order chi connectivity index (χ1) is 12.2. The Hall–Kier alpha value is -2.39. The Morgan fingerprint density at radius 3 is 2.32 bits per heavy atom. The molecule has 25 heavy (non-hydrogen) atoms. The summed E-state index contributed by atoms with van der Waals surface area (Å²) in [6.45, 7) is 2.47. The van der Waals surface area contributed by atoms with E-state index in [1.807, 2.05) is 36.4 Å². The molecule has 3 nitrogen and oxygen atoms in total. The number of benzene rings is 2. The number of ether oxygens (including phenoxy) is 1. The Balaban J connectivity index is 1.63. The maximum atomic E-state index is 12.0. The molecule has 2 N–H and O–H groups in total. The van der Waals surface area contributed by atoms with E-state index >= 15 is 0 Å². The standard InChI is InChI=1S/C22H25NO2/c1-2-8-16(23)9-7-14-22(24)25-15-21-19-12-5-3-10-17(19)18-11-4-6-13-20(18)21/h3-7,9-13,16,21H,2,8,14-15,23H2,1H3. The van der Waals surface area contributed by atoms with E-state index in [0.717, 1.165) is 12.8 Å². The van der Waals surface area contributed by atoms with Gasteiger partial charge in [0.1, 0.15) is 6.61 Å². The number of carbonyl (C=O) groups excluding carboxylic acids is 1. The van der Waals surface area contributed by atoms with Crippen molar-refractivity contribution in [3.63, 3.8) is 0 Å². The fourth-order valence-corrected chi connectivity index (χ4v) is 3.44. The zero-order valence-corrected chi connectivity index (χ0v) is 14.7. The van der Waals surface area contributed by atoms with Crippen LogP contribution in [0, 0.1) is 0 Å². The molecule has 0 spiro atoms. The number of carbonyl (C=O) groups is 1. The second-order valence-electron chi connectivity index (χ2n) is 6.49. The van der Waals surface area contributed by atoms with Crippen molar-refractivity contribution in [3.05, 3.63) is 71.8 Å². The summed E-state index contributed by atoms with van der Waals surface area (Å²) in [5, 5.41) is 0. The van der Waals surface area contributed by atoms with Gasteiger partial charge >= 0.3 is 5.97 Å². The Bertz CT molecular complexity index is 721. The molecule has 130 valence electrons. The average molecular weight is 335 g/mol. The molecular formula is C22H25NO2. The van der Waals surface area contributed by atoms with Crippen molar-refractivity contribution < 1.29 is 9.53 Å². The lowest BCUT2D eigenvalue weighted by molar-refractivity contribution is -0.142. The summed E-state index contributed by atoms with van der Waals surface area (Å²) in [5.41, 5.74) is 10.9. The van der Waals surface area contributed by atoms with Gasteiger partial charge in [-0.3, -0.25) is 4.79 Å². The van der Waals surface area contributed by atoms with Gasteiger partial charge in [0.25, 0.3) is 0 Å². The number of esters is 1. The van der Waals surface area contributed by atoms with Crippen molar-refractivity contribution in [3.8, 4) is 11.1 Å². The van der Waals surface area contributed by atoms with Crippen molar-refractivity contribution in [2.24, 2.45) is 5.73 Å². The number of rotatable bonds is 7. The molecule has 3 rings (SSSR count). The van der Waals surface area contributed by atoms with Crippen molar-refractivity contribution in [1.82, 2.24) is 0 Å². The third-order valence-corrected chi connectivity index (χ3v) is 4.66. The van der Waals surface area contributed by atoms with Gasteiger partial charge in [0.05, 0.1) is 6.42 Å². The van der Waals surface area contributed by atoms with Crippen LogP contribution in [0.2, 0.25) is 0 Å². The molecule has 0 saturated heterocycles. The minimum atomic E-state index is -0.207. The van der Waals surface area contributed by atoms with Crippen LogP contribution in [-0.4, -0.2) is 18.6 Å². The molecule has 1 unspecified atom stereocenters. The molecule has 2 aromatic rings. The molecule has 1 atom stereocenters. The van der Waals surface area contributed by atoms with E-state index < -0.39 is 0 Å². The summed E-state index contributed by atoms with van der Waals surface area (Å²) in [5.74, 6) is -0.0931. The summed E-state index contributed by atoms with van der Waals surface area (Å²) in [7, 11) is 0. The number of fused-ring (bicyclic) bond motifs is 3. The number of hydrogen-bond acceptors (Lipinski definition) is 3. The highest BCUT2D eigenvalue weighted by Gasteiger charge is 2.28. The van der Waals surface area contributed by atoms with E-state index in [2.05, 4.69) is 31.2 Å². The van der Waals surface area contributed by atoms with Crippen LogP contribution in [-0.2, 0) is 9.53 Å². The normalized spacial score (nSPS) is 14.3. The first-order valence-electron chi connectivity index (χ1n) is 8.96. The molecule has 0 amide bonds. The maximum Gasteiger partial charge on any atom is 0.309 e. The van der Waals surface area contributed by atoms with Gasteiger partial charge in [0.2, 0.25) is 0 Å². The first kappa shape index (κ1) is 17.4. The minimum absolute atomic E-state index is 0.0198. The first-order valence-corrected chi connectivity index (χ1v) is 8.96. The summed E-state index contributed by atoms with van der Waals surface area (Å²) in [6.07, 6.45) is 5.95. The lowest BCUT2D eigenvalue weighted by Gasteiger charge is -2.13. The molecule has 3 heteroatoms. The second-order valence-corrected chi connectivity index (χ2v) is 6.49. The molecule has 0 aliphatic heterocycles. The molecule has 2 aromatic carbocycles. The largest absolute Gasteiger partial charge is 0.464 e. The van der Waals surface area contributed by atoms with Crippen LogP contribution in [0.25, 0.3) is 11.1 Å². The smallest absolute Gasteiger partial charge is 0.309 e. The Kier molecular flexibility index (Phi) is 5.67. The van der Waals surface area contributed by atoms with Gasteiger partial charge in [-0.2, -0.15) is 0 Å². The van der Waals surface area contributed by atoms with Crippen LogP contribution in [0.3, 0.4) is 0 Å². The van der Waals surface area contributed by atoms with Gasteiger partial charge in [-0.15, -0.1) is 0 Å². The minimum Gasteiger partial charge on any atom is -0.464 e. The molecule has 0 saturated carbocycles. The van der Waals surface area contributed by atoms with Gasteiger partial charge in [0.15, 0.2) is 0 Å². The Labute approximate surface area is 149 Å². The zero-order valence-electron chi connectivity index (χ0n) is 14.7. The van der Waals surface area contributed by atoms with Gasteiger partial charge in [-0.25, -0.2) is 0 Å². The van der Waals surface area contributed by atoms with Crippen LogP contribution >= 0.6 is 0 Å². The molecule has 0 bridgehead atoms. The molecule has 1 aliphatic carbocycles. The summed E-state index contributed by atoms with van der Waals surface area (Å²) >= 11 is 0. The van der Waals surface area contributed by atoms with E-state index in [9.17, 15) is 4.79 Å². The molecule has 0 radical (unpaired) electrons. The molecule has 1 aliphatic rings. The van der Waals surface area contributed by atoms with E-state index in [0.29, 0.717) is 6.61 Å². The summed E-state index contributed by atoms with van der Waals surface area (Å²) in [6, 6.07) is 16.7. The molecular weight excluding hydrogens is 310 g/mol. The zero-order chi connectivity index (χ0) is 17.6. The highest BCUT2D eigenvalue weighted by atomic mass is 16.5. The summed E-state index contributed by atoms with van der Waals surface area (Å²) < 4.78 is 5.55. The Morgan fingerprint density at radius 2 is 1.72 bits per heavy atom. The van der Waals surface area contributed by atoms with E-state index in [1.165, 1.54) is 22.3 Å². The van der Waals surface area contributed by atoms with Crippen LogP contribution in [0.4, 0.5) is 0 Å². The monoisotopic (exact) mass is 335 g/mol. The van der Waals surface area contributed by atoms with Crippen molar-refractivity contribution in [2.75, 3.05) is 6.61 Å². The fourth-order valence-electron chi connectivity index (χ4n) is 3.44. The number of hydrogen-bond donors (Lipinski definition) is 1. The highest BCUT2D eigenvalue weighted by Crippen LogP contribution is 2.44. The SMILES string of the molecule is CCCC(N)C=CCC(=O)OCC1c2ccccc2-c2ccccc21. The topological polar surface area (TPSA) is 52.3 Å². The predicted octanol–water partition coefficient (Wildman–Crippen LogP) is 4.42. The molecule has 0 fully saturated rings. The van der Waals surface area contributed by atoms with Crippen molar-refractivity contribution >= 4 is 5.97 Å². The lowest BCUT2D eigenvalue weighted by atomic mass is 9.98. The third-order valence-electron chi connectivity index (χ3n) is 4.66. The Morgan fingerprint density at radius 1 is 1.12 bits per heavy atom. The number of nitrogens with two attached hydrogens (primary N) is 1. The van der Waals surface area contributed by atoms with E-state index in [-0.39, 0.29) is 24.3 Å². The van der Waals surface area contributed by atoms with E-state index in [4.69, 9.17) is 10.5 Å². The lowest BCUT2D eigenvalue weighted by Crippen LogP contribution is -2.16. The van der Waals surface area contributed by atoms with Crippen LogP contribution in [0.15, 0.2) is 60.7 Å². The third kappa shape index (κ3) is 3.99. The molecule has 0 heterocycles. The second kappa shape index (κ2) is 8.13. The quantitative estimate of drug-likeness (QED) is 0.602. The fraction of sp³-hybridized carbons (Fsp3) is 0.318. The van der Waals surface area contributed by atoms with Crippen LogP contribution in [0.5, 0.6) is 0 Å². The maximum absolute atomic E-state index is 12.0. The van der Waals surface area contributed by atoms with Gasteiger partial charge < -0.3 is 10.5 Å². The van der Waals surface area contributed by atoms with Crippen LogP contribution in [0.1, 0.15) is 43.2 Å². The van der Waals surface area contributed by atoms with Gasteiger partial charge in [-0.05, 0) is 28.7 Å². The molecule has 0 aromatic heterocycles. The van der Waals surface area contributed by atoms with Crippen LogP contribution < -0.4 is 5.73 Å². The summed E-state index contributed by atoms with van der Waals surface area (Å²) in [4.78, 5) is 12.0. The van der Waals surface area contributed by atoms with Crippen molar-refractivity contribution in [1.29, 1.82) is 0 Å². The van der Waals surface area contributed by atoms with Gasteiger partial charge in [0, 0.05) is 12.0 Å². The van der Waals surface area contributed by atoms with Gasteiger partial charge in [-0.1, -0.05) is 74.0 Å². The average Bonchev–Trinajstić information content (AvgIpc) is 2.94. The van der Waals surface area contributed by atoms with E-state index in [1.54, 1.807) is 0 Å². The highest BCUT2D eigenvalue weighted by molar-refractivity contribution is 5.79. The van der Waals surface area contributed by atoms with Crippen molar-refractivity contribution in [2.45, 2.75) is 38.1 Å². The predicted molar refractivity (Wildman–Crippen MR) is 101 cm³/mol.